The third kappa shape index (κ3) is 3.80. The van der Waals surface area contributed by atoms with Gasteiger partial charge in [0.15, 0.2) is 0 Å². The topological polar surface area (TPSA) is 62.5 Å². The van der Waals surface area contributed by atoms with Crippen molar-refractivity contribution in [3.05, 3.63) is 76.5 Å². The zero-order valence-corrected chi connectivity index (χ0v) is 14.6. The molecule has 1 amide bonds. The number of hydrogen-bond donors (Lipinski definition) is 2. The fourth-order valence-electron chi connectivity index (χ4n) is 2.93. The number of aryl methyl sites for hydroxylation is 3. The molecule has 0 spiro atoms. The molecule has 0 atom stereocenters. The summed E-state index contributed by atoms with van der Waals surface area (Å²) in [6, 6.07) is 15.1. The second kappa shape index (κ2) is 6.95. The van der Waals surface area contributed by atoms with E-state index in [0.29, 0.717) is 17.1 Å². The maximum atomic E-state index is 12.5. The second-order valence-electron chi connectivity index (χ2n) is 6.28. The van der Waals surface area contributed by atoms with Crippen LogP contribution >= 0.6 is 0 Å². The van der Waals surface area contributed by atoms with Gasteiger partial charge in [0, 0.05) is 16.8 Å². The molecule has 0 saturated carbocycles. The zero-order valence-electron chi connectivity index (χ0n) is 14.6. The van der Waals surface area contributed by atoms with Gasteiger partial charge in [-0.25, -0.2) is 0 Å². The van der Waals surface area contributed by atoms with E-state index >= 15 is 0 Å². The van der Waals surface area contributed by atoms with E-state index in [1.807, 2.05) is 63.2 Å². The van der Waals surface area contributed by atoms with Gasteiger partial charge in [0.1, 0.15) is 18.1 Å². The Kier molecular flexibility index (Phi) is 4.72. The van der Waals surface area contributed by atoms with E-state index in [1.54, 1.807) is 6.07 Å². The first-order chi connectivity index (χ1) is 12.0. The Balaban J connectivity index is 1.82. The Morgan fingerprint density at radius 3 is 2.32 bits per heavy atom. The lowest BCUT2D eigenvalue weighted by Gasteiger charge is -2.10. The van der Waals surface area contributed by atoms with Gasteiger partial charge in [-0.05, 0) is 68.8 Å². The highest BCUT2D eigenvalue weighted by molar-refractivity contribution is 6.04. The van der Waals surface area contributed by atoms with Gasteiger partial charge >= 0.3 is 0 Å². The van der Waals surface area contributed by atoms with Crippen molar-refractivity contribution in [2.24, 2.45) is 0 Å². The average Bonchev–Trinajstić information content (AvgIpc) is 3.03. The van der Waals surface area contributed by atoms with Crippen molar-refractivity contribution in [3.8, 4) is 11.3 Å². The molecule has 25 heavy (non-hydrogen) atoms. The van der Waals surface area contributed by atoms with Crippen LogP contribution < -0.4 is 5.32 Å². The smallest absolute Gasteiger partial charge is 0.255 e. The molecule has 1 heterocycles. The molecule has 4 nitrogen and oxygen atoms in total. The Morgan fingerprint density at radius 1 is 1.00 bits per heavy atom. The summed E-state index contributed by atoms with van der Waals surface area (Å²) in [4.78, 5) is 12.5. The van der Waals surface area contributed by atoms with Gasteiger partial charge in [-0.1, -0.05) is 17.2 Å². The van der Waals surface area contributed by atoms with Crippen LogP contribution in [0.4, 0.5) is 5.69 Å². The molecule has 0 unspecified atom stereocenters. The minimum absolute atomic E-state index is 0.122. The quantitative estimate of drug-likeness (QED) is 0.731. The number of benzene rings is 2. The Hall–Kier alpha value is -2.85. The average molecular weight is 335 g/mol. The minimum Gasteiger partial charge on any atom is -0.459 e. The van der Waals surface area contributed by atoms with E-state index in [2.05, 4.69) is 5.32 Å². The molecule has 1 aromatic heterocycles. The molecule has 2 N–H and O–H groups in total. The molecule has 0 aliphatic carbocycles. The van der Waals surface area contributed by atoms with Crippen LogP contribution in [0, 0.1) is 20.8 Å². The van der Waals surface area contributed by atoms with Crippen molar-refractivity contribution in [1.29, 1.82) is 0 Å². The van der Waals surface area contributed by atoms with Crippen molar-refractivity contribution in [1.82, 2.24) is 0 Å². The Labute approximate surface area is 147 Å². The number of amides is 1. The lowest BCUT2D eigenvalue weighted by Crippen LogP contribution is -2.12. The summed E-state index contributed by atoms with van der Waals surface area (Å²) in [5.41, 5.74) is 5.43. The number of carbonyl (C=O) groups is 1. The highest BCUT2D eigenvalue weighted by atomic mass is 16.4. The molecular formula is C21H21NO3. The first-order valence-corrected chi connectivity index (χ1v) is 8.16. The monoisotopic (exact) mass is 335 g/mol. The zero-order chi connectivity index (χ0) is 18.0. The van der Waals surface area contributed by atoms with Crippen molar-refractivity contribution in [3.63, 3.8) is 0 Å². The molecule has 0 aliphatic heterocycles. The van der Waals surface area contributed by atoms with Crippen LogP contribution in [0.2, 0.25) is 0 Å². The molecule has 128 valence electrons. The first-order valence-electron chi connectivity index (χ1n) is 8.16. The van der Waals surface area contributed by atoms with Crippen molar-refractivity contribution < 1.29 is 14.3 Å². The van der Waals surface area contributed by atoms with Crippen LogP contribution in [-0.4, -0.2) is 11.0 Å². The van der Waals surface area contributed by atoms with Crippen LogP contribution in [0.5, 0.6) is 0 Å². The second-order valence-corrected chi connectivity index (χ2v) is 6.28. The number of carbonyl (C=O) groups excluding carboxylic acids is 1. The minimum atomic E-state index is -0.125. The number of rotatable bonds is 4. The number of aliphatic hydroxyl groups excluding tert-OH is 1. The van der Waals surface area contributed by atoms with Gasteiger partial charge in [-0.15, -0.1) is 0 Å². The predicted molar refractivity (Wildman–Crippen MR) is 98.7 cm³/mol. The number of aliphatic hydroxyl groups is 1. The maximum Gasteiger partial charge on any atom is 0.255 e. The molecule has 3 rings (SSSR count). The van der Waals surface area contributed by atoms with Crippen molar-refractivity contribution in [2.75, 3.05) is 5.32 Å². The number of hydrogen-bond acceptors (Lipinski definition) is 3. The van der Waals surface area contributed by atoms with E-state index in [0.717, 1.165) is 27.9 Å². The van der Waals surface area contributed by atoms with Crippen LogP contribution in [0.1, 0.15) is 32.8 Å². The summed E-state index contributed by atoms with van der Waals surface area (Å²) < 4.78 is 5.58. The summed E-state index contributed by atoms with van der Waals surface area (Å²) in [7, 11) is 0. The van der Waals surface area contributed by atoms with E-state index in [-0.39, 0.29) is 12.5 Å². The van der Waals surface area contributed by atoms with Crippen LogP contribution in [0.15, 0.2) is 52.9 Å². The molecule has 4 heteroatoms. The molecule has 2 aromatic carbocycles. The van der Waals surface area contributed by atoms with Crippen LogP contribution in [-0.2, 0) is 6.61 Å². The largest absolute Gasteiger partial charge is 0.459 e. The summed E-state index contributed by atoms with van der Waals surface area (Å²) in [5, 5.41) is 12.1. The molecule has 0 radical (unpaired) electrons. The molecule has 0 saturated heterocycles. The Bertz CT molecular complexity index is 904. The molecular weight excluding hydrogens is 314 g/mol. The fourth-order valence-corrected chi connectivity index (χ4v) is 2.93. The molecule has 0 bridgehead atoms. The summed E-state index contributed by atoms with van der Waals surface area (Å²) in [5.74, 6) is 1.11. The van der Waals surface area contributed by atoms with E-state index in [9.17, 15) is 4.79 Å². The third-order valence-electron chi connectivity index (χ3n) is 4.05. The normalized spacial score (nSPS) is 10.7. The molecule has 0 fully saturated rings. The molecule has 3 aromatic rings. The predicted octanol–water partition coefficient (Wildman–Crippen LogP) is 4.62. The number of anilines is 1. The van der Waals surface area contributed by atoms with Gasteiger partial charge in [0.05, 0.1) is 0 Å². The van der Waals surface area contributed by atoms with Gasteiger partial charge in [-0.3, -0.25) is 4.79 Å². The third-order valence-corrected chi connectivity index (χ3v) is 4.05. The van der Waals surface area contributed by atoms with Gasteiger partial charge in [0.2, 0.25) is 0 Å². The van der Waals surface area contributed by atoms with Gasteiger partial charge in [0.25, 0.3) is 5.91 Å². The standard InChI is InChI=1S/C21H21NO3/c1-13-8-14(2)10-16(9-13)21(24)22-17-4-6-19(15(3)11-17)20-7-5-18(12-23)25-20/h4-11,23H,12H2,1-3H3,(H,22,24). The van der Waals surface area contributed by atoms with Crippen LogP contribution in [0.3, 0.4) is 0 Å². The number of furan rings is 1. The summed E-state index contributed by atoms with van der Waals surface area (Å²) in [6.07, 6.45) is 0. The van der Waals surface area contributed by atoms with Crippen LogP contribution in [0.25, 0.3) is 11.3 Å². The maximum absolute atomic E-state index is 12.5. The van der Waals surface area contributed by atoms with Gasteiger partial charge in [-0.2, -0.15) is 0 Å². The van der Waals surface area contributed by atoms with E-state index in [4.69, 9.17) is 9.52 Å². The SMILES string of the molecule is Cc1cc(C)cc(C(=O)Nc2ccc(-c3ccc(CO)o3)c(C)c2)c1. The molecule has 0 aliphatic rings. The lowest BCUT2D eigenvalue weighted by atomic mass is 10.0. The van der Waals surface area contributed by atoms with E-state index < -0.39 is 0 Å². The summed E-state index contributed by atoms with van der Waals surface area (Å²) in [6.45, 7) is 5.80. The van der Waals surface area contributed by atoms with E-state index in [1.165, 1.54) is 0 Å². The van der Waals surface area contributed by atoms with Crippen molar-refractivity contribution in [2.45, 2.75) is 27.4 Å². The fraction of sp³-hybridized carbons (Fsp3) is 0.190. The Morgan fingerprint density at radius 2 is 1.72 bits per heavy atom. The lowest BCUT2D eigenvalue weighted by molar-refractivity contribution is 0.102. The number of nitrogens with one attached hydrogen (secondary N) is 1. The summed E-state index contributed by atoms with van der Waals surface area (Å²) >= 11 is 0. The first kappa shape index (κ1) is 17.0. The highest BCUT2D eigenvalue weighted by Crippen LogP contribution is 2.28. The highest BCUT2D eigenvalue weighted by Gasteiger charge is 2.11. The van der Waals surface area contributed by atoms with Crippen molar-refractivity contribution >= 4 is 11.6 Å². The van der Waals surface area contributed by atoms with Gasteiger partial charge < -0.3 is 14.8 Å².